The second-order valence-electron chi connectivity index (χ2n) is 6.10. The molecule has 0 radical (unpaired) electrons. The van der Waals surface area contributed by atoms with Crippen LogP contribution in [0.2, 0.25) is 0 Å². The molecule has 26 heavy (non-hydrogen) atoms. The van der Waals surface area contributed by atoms with Crippen molar-refractivity contribution in [1.82, 2.24) is 10.2 Å². The van der Waals surface area contributed by atoms with Crippen LogP contribution in [-0.4, -0.2) is 10.2 Å². The van der Waals surface area contributed by atoms with Gasteiger partial charge in [0.05, 0.1) is 12.3 Å². The first-order valence-electron chi connectivity index (χ1n) is 8.41. The lowest BCUT2D eigenvalue weighted by Gasteiger charge is -2.13. The van der Waals surface area contributed by atoms with Crippen molar-refractivity contribution in [2.24, 2.45) is 0 Å². The minimum atomic E-state index is -0.214. The number of H-pyrrole nitrogens is 1. The summed E-state index contributed by atoms with van der Waals surface area (Å²) in [6.45, 7) is 11.2. The average molecular weight is 345 g/mol. The summed E-state index contributed by atoms with van der Waals surface area (Å²) in [5.41, 5.74) is 4.25. The molecule has 0 spiro atoms. The van der Waals surface area contributed by atoms with E-state index in [1.807, 2.05) is 37.3 Å². The maximum Gasteiger partial charge on any atom is 0.264 e. The first kappa shape index (κ1) is 17.4. The molecule has 0 bridgehead atoms. The molecule has 130 valence electrons. The van der Waals surface area contributed by atoms with Crippen LogP contribution in [0.15, 0.2) is 53.3 Å². The Morgan fingerprint density at radius 1 is 1.15 bits per heavy atom. The van der Waals surface area contributed by atoms with E-state index in [4.69, 9.17) is 11.3 Å². The van der Waals surface area contributed by atoms with Crippen molar-refractivity contribution in [2.45, 2.75) is 26.7 Å². The lowest BCUT2D eigenvalue weighted by atomic mass is 10.0. The normalized spacial score (nSPS) is 10.3. The Morgan fingerprint density at radius 2 is 2.00 bits per heavy atom. The maximum atomic E-state index is 11.1. The van der Waals surface area contributed by atoms with Crippen LogP contribution in [0.3, 0.4) is 0 Å². The zero-order valence-corrected chi connectivity index (χ0v) is 14.7. The van der Waals surface area contributed by atoms with Crippen molar-refractivity contribution in [1.29, 1.82) is 0 Å². The predicted octanol–water partition coefficient (Wildman–Crippen LogP) is 4.57. The third-order valence-electron chi connectivity index (χ3n) is 4.03. The fourth-order valence-corrected chi connectivity index (χ4v) is 2.76. The molecule has 2 aromatic carbocycles. The van der Waals surface area contributed by atoms with E-state index < -0.39 is 0 Å². The third kappa shape index (κ3) is 4.17. The highest BCUT2D eigenvalue weighted by molar-refractivity contribution is 5.53. The van der Waals surface area contributed by atoms with Gasteiger partial charge in [0.25, 0.3) is 5.56 Å². The Morgan fingerprint density at radius 3 is 2.69 bits per heavy atom. The van der Waals surface area contributed by atoms with Crippen molar-refractivity contribution >= 4 is 5.69 Å². The molecule has 0 aliphatic carbocycles. The lowest BCUT2D eigenvalue weighted by molar-refractivity contribution is 0.476. The summed E-state index contributed by atoms with van der Waals surface area (Å²) in [6.07, 6.45) is 1.44. The Balaban J connectivity index is 1.90. The zero-order chi connectivity index (χ0) is 18.5. The highest BCUT2D eigenvalue weighted by Gasteiger charge is 2.08. The van der Waals surface area contributed by atoms with Crippen molar-refractivity contribution in [3.8, 4) is 11.5 Å². The van der Waals surface area contributed by atoms with E-state index in [0.717, 1.165) is 34.6 Å². The van der Waals surface area contributed by atoms with Gasteiger partial charge in [-0.05, 0) is 48.7 Å². The minimum Gasteiger partial charge on any atom is -0.458 e. The smallest absolute Gasteiger partial charge is 0.264 e. The Hall–Kier alpha value is -3.39. The lowest BCUT2D eigenvalue weighted by Crippen LogP contribution is -2.07. The van der Waals surface area contributed by atoms with Gasteiger partial charge in [0.15, 0.2) is 5.69 Å². The van der Waals surface area contributed by atoms with Gasteiger partial charge in [-0.3, -0.25) is 4.79 Å². The topological polar surface area (TPSA) is 59.3 Å². The fraction of sp³-hybridized carbons (Fsp3) is 0.190. The monoisotopic (exact) mass is 345 g/mol. The summed E-state index contributed by atoms with van der Waals surface area (Å²) in [5.74, 6) is 1.43. The van der Waals surface area contributed by atoms with Crippen LogP contribution in [0.4, 0.5) is 5.69 Å². The molecule has 0 unspecified atom stereocenters. The zero-order valence-electron chi connectivity index (χ0n) is 14.7. The highest BCUT2D eigenvalue weighted by atomic mass is 16.5. The molecule has 3 rings (SSSR count). The van der Waals surface area contributed by atoms with Crippen LogP contribution in [-0.2, 0) is 12.8 Å². The molecule has 5 heteroatoms. The molecular formula is C21H19N3O2. The maximum absolute atomic E-state index is 11.1. The number of rotatable bonds is 5. The van der Waals surface area contributed by atoms with E-state index >= 15 is 0 Å². The van der Waals surface area contributed by atoms with Gasteiger partial charge in [0.1, 0.15) is 11.5 Å². The van der Waals surface area contributed by atoms with E-state index in [1.165, 1.54) is 6.07 Å². The van der Waals surface area contributed by atoms with E-state index in [2.05, 4.69) is 22.0 Å². The van der Waals surface area contributed by atoms with Crippen LogP contribution in [0.1, 0.15) is 29.3 Å². The van der Waals surface area contributed by atoms with Crippen molar-refractivity contribution in [2.75, 3.05) is 0 Å². The van der Waals surface area contributed by atoms with E-state index in [-0.39, 0.29) is 5.56 Å². The van der Waals surface area contributed by atoms with Gasteiger partial charge in [0, 0.05) is 12.5 Å². The number of benzene rings is 2. The van der Waals surface area contributed by atoms with Gasteiger partial charge >= 0.3 is 0 Å². The van der Waals surface area contributed by atoms with Crippen LogP contribution < -0.4 is 10.3 Å². The molecule has 1 heterocycles. The Labute approximate surface area is 152 Å². The van der Waals surface area contributed by atoms with Crippen LogP contribution in [0, 0.1) is 13.5 Å². The summed E-state index contributed by atoms with van der Waals surface area (Å²) >= 11 is 0. The molecular weight excluding hydrogens is 326 g/mol. The summed E-state index contributed by atoms with van der Waals surface area (Å²) in [6, 6.07) is 14.8. The van der Waals surface area contributed by atoms with Crippen LogP contribution in [0.25, 0.3) is 4.85 Å². The Kier molecular flexibility index (Phi) is 5.14. The predicted molar refractivity (Wildman–Crippen MR) is 101 cm³/mol. The highest BCUT2D eigenvalue weighted by Crippen LogP contribution is 2.31. The quantitative estimate of drug-likeness (QED) is 0.689. The van der Waals surface area contributed by atoms with Gasteiger partial charge in [-0.15, -0.1) is 0 Å². The Bertz CT molecular complexity index is 1010. The van der Waals surface area contributed by atoms with Crippen LogP contribution >= 0.6 is 0 Å². The van der Waals surface area contributed by atoms with Gasteiger partial charge < -0.3 is 4.74 Å². The van der Waals surface area contributed by atoms with E-state index in [0.29, 0.717) is 17.9 Å². The van der Waals surface area contributed by atoms with Gasteiger partial charge in [0.2, 0.25) is 0 Å². The number of nitrogens with one attached hydrogen (secondary N) is 1. The molecule has 3 aromatic rings. The first-order chi connectivity index (χ1) is 12.6. The fourth-order valence-electron chi connectivity index (χ4n) is 2.76. The standard InChI is InChI=1S/C21H19N3O2/c1-4-16-6-5-15(11-17-7-8-21(25)24-23-17)12-20(16)26-19-10-14(2)9-18(13-19)22-3/h5-10,12-13H,4,11H2,1-2H3,(H,24,25). The molecule has 0 saturated heterocycles. The molecule has 0 fully saturated rings. The second-order valence-corrected chi connectivity index (χ2v) is 6.10. The number of nitrogens with zero attached hydrogens (tertiary/aromatic N) is 2. The van der Waals surface area contributed by atoms with E-state index in [1.54, 1.807) is 12.1 Å². The van der Waals surface area contributed by atoms with Crippen molar-refractivity contribution < 1.29 is 4.74 Å². The third-order valence-corrected chi connectivity index (χ3v) is 4.03. The first-order valence-corrected chi connectivity index (χ1v) is 8.41. The van der Waals surface area contributed by atoms with Crippen LogP contribution in [0.5, 0.6) is 11.5 Å². The average Bonchev–Trinajstić information content (AvgIpc) is 2.63. The molecule has 5 nitrogen and oxygen atoms in total. The summed E-state index contributed by atoms with van der Waals surface area (Å²) < 4.78 is 6.10. The number of aromatic amines is 1. The number of hydrogen-bond acceptors (Lipinski definition) is 3. The second kappa shape index (κ2) is 7.66. The SMILES string of the molecule is [C-]#[N+]c1cc(C)cc(Oc2cc(Cc3ccc(=O)[nH]n3)ccc2CC)c1. The van der Waals surface area contributed by atoms with Crippen molar-refractivity contribution in [3.63, 3.8) is 0 Å². The molecule has 0 amide bonds. The summed E-state index contributed by atoms with van der Waals surface area (Å²) in [5, 5.41) is 6.50. The molecule has 1 aromatic heterocycles. The molecule has 0 atom stereocenters. The molecule has 0 saturated carbocycles. The number of aryl methyl sites for hydroxylation is 2. The summed E-state index contributed by atoms with van der Waals surface area (Å²) in [7, 11) is 0. The molecule has 0 aliphatic heterocycles. The minimum absolute atomic E-state index is 0.214. The largest absolute Gasteiger partial charge is 0.458 e. The van der Waals surface area contributed by atoms with E-state index in [9.17, 15) is 4.79 Å². The van der Waals surface area contributed by atoms with Gasteiger partial charge in [-0.2, -0.15) is 5.10 Å². The van der Waals surface area contributed by atoms with Gasteiger partial charge in [-0.1, -0.05) is 30.7 Å². The van der Waals surface area contributed by atoms with Crippen molar-refractivity contribution in [3.05, 3.63) is 92.7 Å². The number of aromatic nitrogens is 2. The summed E-state index contributed by atoms with van der Waals surface area (Å²) in [4.78, 5) is 14.6. The number of ether oxygens (including phenoxy) is 1. The molecule has 1 N–H and O–H groups in total. The molecule has 0 aliphatic rings. The van der Waals surface area contributed by atoms with Gasteiger partial charge in [-0.25, -0.2) is 9.94 Å². The number of hydrogen-bond donors (Lipinski definition) is 1.